The van der Waals surface area contributed by atoms with Gasteiger partial charge in [-0.05, 0) is 36.1 Å². The van der Waals surface area contributed by atoms with Crippen LogP contribution in [0.5, 0.6) is 0 Å². The predicted molar refractivity (Wildman–Crippen MR) is 109 cm³/mol. The molecule has 0 saturated heterocycles. The zero-order valence-electron chi connectivity index (χ0n) is 15.1. The second-order valence-corrected chi connectivity index (χ2v) is 6.94. The molecule has 1 heterocycles. The van der Waals surface area contributed by atoms with E-state index in [4.69, 9.17) is 4.42 Å². The normalized spacial score (nSPS) is 12.3. The number of nitro groups is 1. The lowest BCUT2D eigenvalue weighted by atomic mass is 9.86. The van der Waals surface area contributed by atoms with Crippen LogP contribution in [0.25, 0.3) is 33.8 Å². The van der Waals surface area contributed by atoms with Gasteiger partial charge in [-0.15, -0.1) is 0 Å². The first-order valence-corrected chi connectivity index (χ1v) is 9.26. The third-order valence-corrected chi connectivity index (χ3v) is 5.32. The molecule has 1 aromatic heterocycles. The lowest BCUT2D eigenvalue weighted by Gasteiger charge is -2.15. The van der Waals surface area contributed by atoms with E-state index in [9.17, 15) is 10.1 Å². The van der Waals surface area contributed by atoms with Gasteiger partial charge in [0.2, 0.25) is 0 Å². The molecule has 0 amide bonds. The van der Waals surface area contributed by atoms with Gasteiger partial charge >= 0.3 is 0 Å². The second-order valence-electron chi connectivity index (χ2n) is 6.94. The number of hydrogen-bond donors (Lipinski definition) is 0. The maximum atomic E-state index is 11.0. The molecular formula is C24H17NO3. The first-order chi connectivity index (χ1) is 13.7. The number of fused-ring (bicyclic) bond motifs is 3. The van der Waals surface area contributed by atoms with Gasteiger partial charge in [-0.3, -0.25) is 10.1 Å². The van der Waals surface area contributed by atoms with Crippen molar-refractivity contribution < 1.29 is 9.34 Å². The molecule has 0 radical (unpaired) electrons. The van der Waals surface area contributed by atoms with Gasteiger partial charge in [0.1, 0.15) is 11.5 Å². The average Bonchev–Trinajstić information content (AvgIpc) is 3.14. The van der Waals surface area contributed by atoms with Crippen LogP contribution in [0.15, 0.2) is 83.3 Å². The smallest absolute Gasteiger partial charge is 0.269 e. The van der Waals surface area contributed by atoms with E-state index in [1.165, 1.54) is 11.1 Å². The van der Waals surface area contributed by atoms with E-state index >= 15 is 0 Å². The summed E-state index contributed by atoms with van der Waals surface area (Å²) in [6, 6.07) is 25.1. The minimum atomic E-state index is -0.372. The molecule has 0 fully saturated rings. The van der Waals surface area contributed by atoms with Gasteiger partial charge in [0.25, 0.3) is 5.69 Å². The number of benzene rings is 3. The minimum absolute atomic E-state index is 0.0905. The van der Waals surface area contributed by atoms with Gasteiger partial charge in [0.15, 0.2) is 0 Å². The van der Waals surface area contributed by atoms with Crippen LogP contribution >= 0.6 is 0 Å². The third-order valence-electron chi connectivity index (χ3n) is 5.32. The molecule has 0 aliphatic heterocycles. The number of hydrogen-bond acceptors (Lipinski definition) is 3. The van der Waals surface area contributed by atoms with Crippen LogP contribution in [0.3, 0.4) is 0 Å². The van der Waals surface area contributed by atoms with Crippen molar-refractivity contribution in [1.29, 1.82) is 0 Å². The standard InChI is InChI=1S/C24H17NO3/c26-25(27)19-13-10-17(11-14-19)22-21-15-12-16-6-4-5-9-20(16)24(21)28-23(22)18-7-2-1-3-8-18/h1-11,13-14H,12,15H2. The van der Waals surface area contributed by atoms with E-state index < -0.39 is 0 Å². The monoisotopic (exact) mass is 367 g/mol. The molecule has 1 aliphatic carbocycles. The van der Waals surface area contributed by atoms with Crippen molar-refractivity contribution in [2.45, 2.75) is 12.8 Å². The van der Waals surface area contributed by atoms with E-state index in [1.807, 2.05) is 48.5 Å². The predicted octanol–water partition coefficient (Wildman–Crippen LogP) is 6.29. The van der Waals surface area contributed by atoms with Gasteiger partial charge in [0.05, 0.1) is 4.92 Å². The number of non-ortho nitro benzene ring substituents is 1. The highest BCUT2D eigenvalue weighted by molar-refractivity contribution is 5.89. The van der Waals surface area contributed by atoms with Gasteiger partial charge in [-0.25, -0.2) is 0 Å². The molecule has 0 bridgehead atoms. The first-order valence-electron chi connectivity index (χ1n) is 9.26. The number of rotatable bonds is 3. The Morgan fingerprint density at radius 2 is 1.46 bits per heavy atom. The maximum Gasteiger partial charge on any atom is 0.269 e. The Bertz CT molecular complexity index is 1170. The number of aryl methyl sites for hydroxylation is 1. The zero-order chi connectivity index (χ0) is 19.1. The van der Waals surface area contributed by atoms with Crippen LogP contribution in [0.4, 0.5) is 5.69 Å². The molecule has 0 spiro atoms. The summed E-state index contributed by atoms with van der Waals surface area (Å²) >= 11 is 0. The Hall–Kier alpha value is -3.66. The van der Waals surface area contributed by atoms with Crippen LogP contribution in [-0.4, -0.2) is 4.92 Å². The van der Waals surface area contributed by atoms with E-state index in [1.54, 1.807) is 12.1 Å². The highest BCUT2D eigenvalue weighted by Gasteiger charge is 2.27. The maximum absolute atomic E-state index is 11.0. The Balaban J connectivity index is 1.76. The topological polar surface area (TPSA) is 56.3 Å². The average molecular weight is 367 g/mol. The molecule has 0 N–H and O–H groups in total. The SMILES string of the molecule is O=[N+]([O-])c1ccc(-c2c(-c3ccccc3)oc3c2CCc2ccccc2-3)cc1. The molecule has 5 rings (SSSR count). The minimum Gasteiger partial charge on any atom is -0.455 e. The Morgan fingerprint density at radius 1 is 0.750 bits per heavy atom. The van der Waals surface area contributed by atoms with Crippen molar-refractivity contribution in [2.75, 3.05) is 0 Å². The van der Waals surface area contributed by atoms with Crippen LogP contribution < -0.4 is 0 Å². The summed E-state index contributed by atoms with van der Waals surface area (Å²) in [5.74, 6) is 1.73. The van der Waals surface area contributed by atoms with E-state index in [-0.39, 0.29) is 10.6 Å². The van der Waals surface area contributed by atoms with Crippen LogP contribution in [0, 0.1) is 10.1 Å². The third kappa shape index (κ3) is 2.62. The summed E-state index contributed by atoms with van der Waals surface area (Å²) in [4.78, 5) is 10.7. The summed E-state index contributed by atoms with van der Waals surface area (Å²) in [6.45, 7) is 0. The van der Waals surface area contributed by atoms with Crippen molar-refractivity contribution in [1.82, 2.24) is 0 Å². The molecule has 1 aliphatic rings. The molecule has 0 saturated carbocycles. The fraction of sp³-hybridized carbons (Fsp3) is 0.0833. The van der Waals surface area contributed by atoms with Gasteiger partial charge < -0.3 is 4.42 Å². The van der Waals surface area contributed by atoms with E-state index in [0.717, 1.165) is 46.6 Å². The van der Waals surface area contributed by atoms with Gasteiger partial charge in [0, 0.05) is 34.4 Å². The quantitative estimate of drug-likeness (QED) is 0.316. The van der Waals surface area contributed by atoms with Crippen molar-refractivity contribution in [3.05, 3.63) is 100 Å². The molecule has 136 valence electrons. The highest BCUT2D eigenvalue weighted by Crippen LogP contribution is 2.46. The lowest BCUT2D eigenvalue weighted by molar-refractivity contribution is -0.384. The molecular weight excluding hydrogens is 350 g/mol. The fourth-order valence-corrected chi connectivity index (χ4v) is 3.99. The molecule has 0 unspecified atom stereocenters. The summed E-state index contributed by atoms with van der Waals surface area (Å²) in [5.41, 5.74) is 6.66. The molecule has 3 aromatic carbocycles. The summed E-state index contributed by atoms with van der Waals surface area (Å²) in [6.07, 6.45) is 1.84. The van der Waals surface area contributed by atoms with Crippen molar-refractivity contribution >= 4 is 5.69 Å². The highest BCUT2D eigenvalue weighted by atomic mass is 16.6. The summed E-state index contributed by atoms with van der Waals surface area (Å²) in [7, 11) is 0. The summed E-state index contributed by atoms with van der Waals surface area (Å²) < 4.78 is 6.45. The summed E-state index contributed by atoms with van der Waals surface area (Å²) in [5, 5.41) is 11.0. The molecule has 0 atom stereocenters. The fourth-order valence-electron chi connectivity index (χ4n) is 3.99. The van der Waals surface area contributed by atoms with Crippen LogP contribution in [0.2, 0.25) is 0 Å². The molecule has 4 nitrogen and oxygen atoms in total. The zero-order valence-corrected chi connectivity index (χ0v) is 15.1. The first kappa shape index (κ1) is 16.5. The number of nitro benzene ring substituents is 1. The van der Waals surface area contributed by atoms with Crippen LogP contribution in [-0.2, 0) is 12.8 Å². The van der Waals surface area contributed by atoms with Crippen molar-refractivity contribution in [2.24, 2.45) is 0 Å². The van der Waals surface area contributed by atoms with Crippen molar-refractivity contribution in [3.8, 4) is 33.8 Å². The number of nitrogens with zero attached hydrogens (tertiary/aromatic N) is 1. The molecule has 4 aromatic rings. The molecule has 28 heavy (non-hydrogen) atoms. The van der Waals surface area contributed by atoms with E-state index in [2.05, 4.69) is 18.2 Å². The Kier molecular flexibility index (Phi) is 3.83. The Labute approximate surface area is 162 Å². The van der Waals surface area contributed by atoms with Crippen LogP contribution in [0.1, 0.15) is 11.1 Å². The lowest BCUT2D eigenvalue weighted by Crippen LogP contribution is -2.02. The number of furan rings is 1. The Morgan fingerprint density at radius 3 is 2.21 bits per heavy atom. The second kappa shape index (κ2) is 6.50. The van der Waals surface area contributed by atoms with Gasteiger partial charge in [-0.2, -0.15) is 0 Å². The van der Waals surface area contributed by atoms with Crippen molar-refractivity contribution in [3.63, 3.8) is 0 Å². The van der Waals surface area contributed by atoms with E-state index in [0.29, 0.717) is 0 Å². The van der Waals surface area contributed by atoms with Gasteiger partial charge in [-0.1, -0.05) is 54.6 Å². The largest absolute Gasteiger partial charge is 0.455 e. The molecule has 4 heteroatoms.